The summed E-state index contributed by atoms with van der Waals surface area (Å²) in [7, 11) is 0. The molecule has 0 unspecified atom stereocenters. The topological polar surface area (TPSA) is 53.1 Å². The quantitative estimate of drug-likeness (QED) is 0.830. The van der Waals surface area contributed by atoms with Crippen LogP contribution in [0.5, 0.6) is 5.75 Å². The van der Waals surface area contributed by atoms with Crippen LogP contribution in [0.1, 0.15) is 0 Å². The van der Waals surface area contributed by atoms with Crippen LogP contribution in [0.2, 0.25) is 0 Å². The van der Waals surface area contributed by atoms with Crippen molar-refractivity contribution < 1.29 is 4.74 Å². The second kappa shape index (κ2) is 6.02. The summed E-state index contributed by atoms with van der Waals surface area (Å²) >= 11 is 0. The zero-order valence-electron chi connectivity index (χ0n) is 8.74. The SMILES string of the molecule is Cl.Nc1ccc(OCCn2ccnc2)cc1. The lowest BCUT2D eigenvalue weighted by molar-refractivity contribution is 0.298. The van der Waals surface area contributed by atoms with Crippen LogP contribution in [0, 0.1) is 0 Å². The third kappa shape index (κ3) is 3.47. The molecule has 0 spiro atoms. The largest absolute Gasteiger partial charge is 0.492 e. The number of halogens is 1. The summed E-state index contributed by atoms with van der Waals surface area (Å²) < 4.78 is 7.50. The Morgan fingerprint density at radius 1 is 1.25 bits per heavy atom. The standard InChI is InChI=1S/C11H13N3O.ClH/c12-10-1-3-11(4-2-10)15-8-7-14-6-5-13-9-14;/h1-6,9H,7-8,12H2;1H. The molecule has 0 fully saturated rings. The van der Waals surface area contributed by atoms with Crippen molar-refractivity contribution in [2.24, 2.45) is 0 Å². The van der Waals surface area contributed by atoms with E-state index in [2.05, 4.69) is 4.98 Å². The minimum absolute atomic E-state index is 0. The zero-order chi connectivity index (χ0) is 10.5. The van der Waals surface area contributed by atoms with E-state index in [1.165, 1.54) is 0 Å². The molecule has 4 nitrogen and oxygen atoms in total. The third-order valence-corrected chi connectivity index (χ3v) is 2.06. The van der Waals surface area contributed by atoms with Crippen molar-refractivity contribution in [3.63, 3.8) is 0 Å². The average Bonchev–Trinajstić information content (AvgIpc) is 2.74. The van der Waals surface area contributed by atoms with E-state index >= 15 is 0 Å². The smallest absolute Gasteiger partial charge is 0.119 e. The fourth-order valence-corrected chi connectivity index (χ4v) is 1.25. The van der Waals surface area contributed by atoms with Crippen molar-refractivity contribution >= 4 is 18.1 Å². The van der Waals surface area contributed by atoms with Crippen LogP contribution in [0.15, 0.2) is 43.0 Å². The molecule has 2 aromatic rings. The molecule has 0 saturated heterocycles. The molecule has 2 N–H and O–H groups in total. The Bertz CT molecular complexity index is 400. The van der Waals surface area contributed by atoms with E-state index in [-0.39, 0.29) is 12.4 Å². The van der Waals surface area contributed by atoms with Gasteiger partial charge in [0.2, 0.25) is 0 Å². The summed E-state index contributed by atoms with van der Waals surface area (Å²) in [5.41, 5.74) is 6.31. The van der Waals surface area contributed by atoms with Gasteiger partial charge in [-0.2, -0.15) is 0 Å². The molecular weight excluding hydrogens is 226 g/mol. The van der Waals surface area contributed by atoms with Gasteiger partial charge in [-0.1, -0.05) is 0 Å². The normalized spacial score (nSPS) is 9.50. The van der Waals surface area contributed by atoms with Gasteiger partial charge in [0.05, 0.1) is 12.9 Å². The number of nitrogens with zero attached hydrogens (tertiary/aromatic N) is 2. The number of ether oxygens (including phenoxy) is 1. The van der Waals surface area contributed by atoms with Crippen LogP contribution in [0.4, 0.5) is 5.69 Å². The van der Waals surface area contributed by atoms with Crippen LogP contribution < -0.4 is 10.5 Å². The molecule has 0 amide bonds. The first-order valence-corrected chi connectivity index (χ1v) is 4.79. The van der Waals surface area contributed by atoms with Gasteiger partial charge in [-0.3, -0.25) is 0 Å². The van der Waals surface area contributed by atoms with Crippen LogP contribution in [-0.4, -0.2) is 16.2 Å². The minimum atomic E-state index is 0. The van der Waals surface area contributed by atoms with Gasteiger partial charge < -0.3 is 15.0 Å². The van der Waals surface area contributed by atoms with Gasteiger partial charge >= 0.3 is 0 Å². The third-order valence-electron chi connectivity index (χ3n) is 2.06. The fraction of sp³-hybridized carbons (Fsp3) is 0.182. The minimum Gasteiger partial charge on any atom is -0.492 e. The van der Waals surface area contributed by atoms with E-state index < -0.39 is 0 Å². The summed E-state index contributed by atoms with van der Waals surface area (Å²) in [4.78, 5) is 3.95. The zero-order valence-corrected chi connectivity index (χ0v) is 9.56. The van der Waals surface area contributed by atoms with Gasteiger partial charge in [0, 0.05) is 18.1 Å². The predicted octanol–water partition coefficient (Wildman–Crippen LogP) is 1.97. The second-order valence-electron chi connectivity index (χ2n) is 3.22. The number of imidazole rings is 1. The van der Waals surface area contributed by atoms with Gasteiger partial charge in [0.1, 0.15) is 12.4 Å². The number of hydrogen-bond acceptors (Lipinski definition) is 3. The van der Waals surface area contributed by atoms with E-state index in [0.717, 1.165) is 18.0 Å². The number of nitrogens with two attached hydrogens (primary N) is 1. The number of hydrogen-bond donors (Lipinski definition) is 1. The number of anilines is 1. The molecule has 5 heteroatoms. The molecule has 2 rings (SSSR count). The maximum absolute atomic E-state index is 5.56. The number of aromatic nitrogens is 2. The average molecular weight is 240 g/mol. The lowest BCUT2D eigenvalue weighted by atomic mass is 10.3. The molecule has 0 bridgehead atoms. The van der Waals surface area contributed by atoms with Gasteiger partial charge in [0.15, 0.2) is 0 Å². The van der Waals surface area contributed by atoms with Crippen molar-refractivity contribution in [1.29, 1.82) is 0 Å². The van der Waals surface area contributed by atoms with Gasteiger partial charge in [-0.15, -0.1) is 12.4 Å². The monoisotopic (exact) mass is 239 g/mol. The Hall–Kier alpha value is -1.68. The Morgan fingerprint density at radius 2 is 2.00 bits per heavy atom. The molecular formula is C11H14ClN3O. The molecule has 0 radical (unpaired) electrons. The molecule has 1 aromatic carbocycles. The molecule has 0 saturated carbocycles. The van der Waals surface area contributed by atoms with Crippen molar-refractivity contribution in [3.8, 4) is 5.75 Å². The highest BCUT2D eigenvalue weighted by atomic mass is 35.5. The van der Waals surface area contributed by atoms with Gasteiger partial charge in [0.25, 0.3) is 0 Å². The molecule has 0 aliphatic rings. The summed E-state index contributed by atoms with van der Waals surface area (Å²) in [6.07, 6.45) is 5.43. The first kappa shape index (κ1) is 12.4. The lowest BCUT2D eigenvalue weighted by Crippen LogP contribution is -2.06. The summed E-state index contributed by atoms with van der Waals surface area (Å²) in [5.74, 6) is 0.837. The Labute approximate surface area is 100 Å². The second-order valence-corrected chi connectivity index (χ2v) is 3.22. The maximum Gasteiger partial charge on any atom is 0.119 e. The van der Waals surface area contributed by atoms with Crippen molar-refractivity contribution in [2.45, 2.75) is 6.54 Å². The Kier molecular flexibility index (Phi) is 4.66. The molecule has 1 aromatic heterocycles. The van der Waals surface area contributed by atoms with Crippen molar-refractivity contribution in [1.82, 2.24) is 9.55 Å². The first-order chi connectivity index (χ1) is 7.34. The summed E-state index contributed by atoms with van der Waals surface area (Å²) in [6.45, 7) is 1.42. The number of rotatable bonds is 4. The van der Waals surface area contributed by atoms with E-state index in [0.29, 0.717) is 6.61 Å². The van der Waals surface area contributed by atoms with Crippen LogP contribution in [-0.2, 0) is 6.54 Å². The molecule has 0 aliphatic heterocycles. The van der Waals surface area contributed by atoms with Crippen LogP contribution in [0.25, 0.3) is 0 Å². The van der Waals surface area contributed by atoms with Crippen LogP contribution >= 0.6 is 12.4 Å². The van der Waals surface area contributed by atoms with Crippen molar-refractivity contribution in [2.75, 3.05) is 12.3 Å². The highest BCUT2D eigenvalue weighted by Gasteiger charge is 1.93. The fourth-order valence-electron chi connectivity index (χ4n) is 1.25. The maximum atomic E-state index is 5.56. The molecule has 1 heterocycles. The molecule has 86 valence electrons. The van der Waals surface area contributed by atoms with E-state index in [9.17, 15) is 0 Å². The number of benzene rings is 1. The Morgan fingerprint density at radius 3 is 2.62 bits per heavy atom. The first-order valence-electron chi connectivity index (χ1n) is 4.79. The highest BCUT2D eigenvalue weighted by Crippen LogP contribution is 2.12. The summed E-state index contributed by atoms with van der Waals surface area (Å²) in [5, 5.41) is 0. The summed E-state index contributed by atoms with van der Waals surface area (Å²) in [6, 6.07) is 7.38. The predicted molar refractivity (Wildman–Crippen MR) is 65.8 cm³/mol. The lowest BCUT2D eigenvalue weighted by Gasteiger charge is -2.06. The molecule has 0 aliphatic carbocycles. The number of nitrogen functional groups attached to an aromatic ring is 1. The van der Waals surface area contributed by atoms with Crippen molar-refractivity contribution in [3.05, 3.63) is 43.0 Å². The highest BCUT2D eigenvalue weighted by molar-refractivity contribution is 5.85. The van der Waals surface area contributed by atoms with Gasteiger partial charge in [-0.25, -0.2) is 4.98 Å². The van der Waals surface area contributed by atoms with E-state index in [1.54, 1.807) is 12.5 Å². The van der Waals surface area contributed by atoms with E-state index in [1.807, 2.05) is 35.0 Å². The van der Waals surface area contributed by atoms with E-state index in [4.69, 9.17) is 10.5 Å². The van der Waals surface area contributed by atoms with Gasteiger partial charge in [-0.05, 0) is 24.3 Å². The molecule has 0 atom stereocenters. The molecule has 16 heavy (non-hydrogen) atoms. The Balaban J connectivity index is 0.00000128. The van der Waals surface area contributed by atoms with Crippen LogP contribution in [0.3, 0.4) is 0 Å².